The summed E-state index contributed by atoms with van der Waals surface area (Å²) < 4.78 is 5.72. The lowest BCUT2D eigenvalue weighted by atomic mass is 9.95. The zero-order valence-corrected chi connectivity index (χ0v) is 25.9. The monoisotopic (exact) mass is 525 g/mol. The van der Waals surface area contributed by atoms with Crippen LogP contribution in [0.25, 0.3) is 0 Å². The minimum atomic E-state index is -0.969. The molecule has 37 heavy (non-hydrogen) atoms. The Morgan fingerprint density at radius 2 is 0.838 bits per heavy atom. The predicted molar refractivity (Wildman–Crippen MR) is 162 cm³/mol. The van der Waals surface area contributed by atoms with Gasteiger partial charge >= 0.3 is 5.97 Å². The number of carbonyl (C=O) groups is 1. The maximum absolute atomic E-state index is 12.3. The van der Waals surface area contributed by atoms with E-state index in [-0.39, 0.29) is 12.1 Å². The number of hydrogen-bond acceptors (Lipinski definition) is 3. The first-order valence-corrected chi connectivity index (χ1v) is 16.8. The smallest absolute Gasteiger partial charge is 0.306 e. The van der Waals surface area contributed by atoms with E-state index in [2.05, 4.69) is 13.8 Å². The second kappa shape index (κ2) is 27.0. The lowest BCUT2D eigenvalue weighted by Gasteiger charge is -2.29. The number of aliphatic hydroxyl groups is 1. The summed E-state index contributed by atoms with van der Waals surface area (Å²) in [6.45, 7) is 8.08. The van der Waals surface area contributed by atoms with Gasteiger partial charge in [0, 0.05) is 6.42 Å². The molecule has 0 amide bonds. The van der Waals surface area contributed by atoms with Crippen molar-refractivity contribution in [1.82, 2.24) is 0 Å². The Bertz CT molecular complexity index is 468. The molecule has 3 heteroatoms. The lowest BCUT2D eigenvalue weighted by molar-refractivity contribution is -0.163. The highest BCUT2D eigenvalue weighted by Crippen LogP contribution is 2.21. The molecule has 0 aromatic heterocycles. The Kier molecular flexibility index (Phi) is 26.6. The number of rotatable bonds is 29. The van der Waals surface area contributed by atoms with E-state index in [0.717, 1.165) is 25.7 Å². The van der Waals surface area contributed by atoms with E-state index in [0.29, 0.717) is 6.42 Å². The third-order valence-electron chi connectivity index (χ3n) is 7.87. The molecule has 0 spiro atoms. The summed E-state index contributed by atoms with van der Waals surface area (Å²) in [5.74, 6) is -0.133. The van der Waals surface area contributed by atoms with Crippen LogP contribution in [0, 0.1) is 0 Å². The van der Waals surface area contributed by atoms with Gasteiger partial charge in [-0.1, -0.05) is 162 Å². The average molecular weight is 525 g/mol. The van der Waals surface area contributed by atoms with Gasteiger partial charge < -0.3 is 9.84 Å². The van der Waals surface area contributed by atoms with Crippen molar-refractivity contribution in [2.45, 2.75) is 213 Å². The molecule has 0 fully saturated rings. The van der Waals surface area contributed by atoms with Crippen LogP contribution < -0.4 is 0 Å². The van der Waals surface area contributed by atoms with Crippen molar-refractivity contribution in [2.75, 3.05) is 0 Å². The van der Waals surface area contributed by atoms with Crippen molar-refractivity contribution in [2.24, 2.45) is 0 Å². The van der Waals surface area contributed by atoms with Crippen LogP contribution in [-0.4, -0.2) is 22.8 Å². The fourth-order valence-electron chi connectivity index (χ4n) is 5.23. The number of esters is 1. The van der Waals surface area contributed by atoms with E-state index < -0.39 is 5.60 Å². The lowest BCUT2D eigenvalue weighted by Crippen LogP contribution is -2.39. The minimum absolute atomic E-state index is 0.133. The predicted octanol–water partition coefficient (Wildman–Crippen LogP) is 11.2. The van der Waals surface area contributed by atoms with Crippen molar-refractivity contribution in [1.29, 1.82) is 0 Å². The fraction of sp³-hybridized carbons (Fsp3) is 0.971. The van der Waals surface area contributed by atoms with Crippen LogP contribution in [0.4, 0.5) is 0 Å². The Balaban J connectivity index is 3.66. The van der Waals surface area contributed by atoms with Crippen LogP contribution >= 0.6 is 0 Å². The Labute approximate surface area is 233 Å². The third kappa shape index (κ3) is 26.8. The van der Waals surface area contributed by atoms with Crippen LogP contribution in [-0.2, 0) is 9.53 Å². The molecule has 0 heterocycles. The summed E-state index contributed by atoms with van der Waals surface area (Å²) in [4.78, 5) is 12.3. The molecule has 0 aliphatic heterocycles. The minimum Gasteiger partial charge on any atom is -0.459 e. The molecular weight excluding hydrogens is 456 g/mol. The van der Waals surface area contributed by atoms with Gasteiger partial charge in [-0.15, -0.1) is 0 Å². The second-order valence-corrected chi connectivity index (χ2v) is 12.3. The third-order valence-corrected chi connectivity index (χ3v) is 7.87. The highest BCUT2D eigenvalue weighted by Gasteiger charge is 2.29. The molecule has 0 aliphatic rings. The van der Waals surface area contributed by atoms with E-state index in [1.165, 1.54) is 141 Å². The molecule has 0 bridgehead atoms. The van der Waals surface area contributed by atoms with Crippen LogP contribution in [0.3, 0.4) is 0 Å². The second-order valence-electron chi connectivity index (χ2n) is 12.3. The van der Waals surface area contributed by atoms with Crippen LogP contribution in [0.1, 0.15) is 201 Å². The number of hydrogen-bond donors (Lipinski definition) is 1. The van der Waals surface area contributed by atoms with Gasteiger partial charge in [0.2, 0.25) is 0 Å². The fourth-order valence-corrected chi connectivity index (χ4v) is 5.23. The first-order chi connectivity index (χ1) is 17.9. The molecule has 3 nitrogen and oxygen atoms in total. The van der Waals surface area contributed by atoms with Gasteiger partial charge in [-0.2, -0.15) is 0 Å². The Morgan fingerprint density at radius 3 is 1.16 bits per heavy atom. The maximum atomic E-state index is 12.3. The quantitative estimate of drug-likeness (QED) is 0.0781. The molecular formula is C34H68O3. The topological polar surface area (TPSA) is 46.5 Å². The molecule has 0 aliphatic carbocycles. The van der Waals surface area contributed by atoms with Crippen LogP contribution in [0.5, 0.6) is 0 Å². The molecule has 0 aromatic rings. The summed E-state index contributed by atoms with van der Waals surface area (Å²) >= 11 is 0. The number of unbranched alkanes of at least 4 members (excludes halogenated alkanes) is 23. The molecule has 0 saturated carbocycles. The summed E-state index contributed by atoms with van der Waals surface area (Å²) in [6, 6.07) is 0. The Morgan fingerprint density at radius 1 is 0.541 bits per heavy atom. The maximum Gasteiger partial charge on any atom is 0.306 e. The van der Waals surface area contributed by atoms with Gasteiger partial charge in [-0.25, -0.2) is 0 Å². The zero-order chi connectivity index (χ0) is 27.5. The van der Waals surface area contributed by atoms with E-state index in [1.807, 2.05) is 0 Å². The molecule has 1 unspecified atom stereocenters. The van der Waals surface area contributed by atoms with Crippen molar-refractivity contribution >= 4 is 5.97 Å². The standard InChI is InChI=1S/C34H68O3/c1-5-7-9-11-13-15-16-17-18-19-20-21-23-24-26-28-30-32(34(3,4)36)37-33(35)31-29-27-25-22-14-12-10-8-6-2/h32,36H,5-31H2,1-4H3. The molecule has 222 valence electrons. The number of carbonyl (C=O) groups excluding carboxylic acids is 1. The van der Waals surface area contributed by atoms with E-state index >= 15 is 0 Å². The first kappa shape index (κ1) is 36.4. The highest BCUT2D eigenvalue weighted by molar-refractivity contribution is 5.69. The SMILES string of the molecule is CCCCCCCCCCCCCCCCCCC(OC(=O)CCCCCCCCCCC)C(C)(C)O. The van der Waals surface area contributed by atoms with Gasteiger partial charge in [-0.05, 0) is 33.1 Å². The zero-order valence-electron chi connectivity index (χ0n) is 25.9. The average Bonchev–Trinajstić information content (AvgIpc) is 2.86. The van der Waals surface area contributed by atoms with E-state index in [1.54, 1.807) is 13.8 Å². The highest BCUT2D eigenvalue weighted by atomic mass is 16.6. The van der Waals surface area contributed by atoms with Crippen molar-refractivity contribution in [3.8, 4) is 0 Å². The van der Waals surface area contributed by atoms with Crippen molar-refractivity contribution < 1.29 is 14.6 Å². The normalized spacial score (nSPS) is 12.7. The molecule has 0 aromatic carbocycles. The van der Waals surface area contributed by atoms with Crippen LogP contribution in [0.2, 0.25) is 0 Å². The molecule has 1 N–H and O–H groups in total. The largest absolute Gasteiger partial charge is 0.459 e. The molecule has 1 atom stereocenters. The van der Waals surface area contributed by atoms with Gasteiger partial charge in [0.15, 0.2) is 0 Å². The van der Waals surface area contributed by atoms with Crippen molar-refractivity contribution in [3.05, 3.63) is 0 Å². The summed E-state index contributed by atoms with van der Waals surface area (Å²) in [6.07, 6.45) is 33.7. The van der Waals surface area contributed by atoms with Gasteiger partial charge in [0.1, 0.15) is 6.10 Å². The van der Waals surface area contributed by atoms with Crippen molar-refractivity contribution in [3.63, 3.8) is 0 Å². The summed E-state index contributed by atoms with van der Waals surface area (Å²) in [7, 11) is 0. The molecule has 0 saturated heterocycles. The Hall–Kier alpha value is -0.570. The summed E-state index contributed by atoms with van der Waals surface area (Å²) in [5.41, 5.74) is -0.969. The van der Waals surface area contributed by atoms with Gasteiger partial charge in [-0.3, -0.25) is 4.79 Å². The van der Waals surface area contributed by atoms with Gasteiger partial charge in [0.05, 0.1) is 5.60 Å². The molecule has 0 radical (unpaired) electrons. The first-order valence-electron chi connectivity index (χ1n) is 16.8. The van der Waals surface area contributed by atoms with E-state index in [9.17, 15) is 9.90 Å². The number of ether oxygens (including phenoxy) is 1. The molecule has 0 rings (SSSR count). The summed E-state index contributed by atoms with van der Waals surface area (Å²) in [5, 5.41) is 10.5. The van der Waals surface area contributed by atoms with Crippen LogP contribution in [0.15, 0.2) is 0 Å². The van der Waals surface area contributed by atoms with E-state index in [4.69, 9.17) is 4.74 Å². The van der Waals surface area contributed by atoms with Gasteiger partial charge in [0.25, 0.3) is 0 Å².